The van der Waals surface area contributed by atoms with Gasteiger partial charge in [0.1, 0.15) is 0 Å². The van der Waals surface area contributed by atoms with E-state index in [4.69, 9.17) is 0 Å². The van der Waals surface area contributed by atoms with Gasteiger partial charge in [-0.2, -0.15) is 5.26 Å². The number of nitrogens with one attached hydrogen (secondary N) is 1. The maximum absolute atomic E-state index is 9.56. The van der Waals surface area contributed by atoms with Gasteiger partial charge in [-0.3, -0.25) is 0 Å². The molecule has 1 aliphatic carbocycles. The van der Waals surface area contributed by atoms with Crippen molar-refractivity contribution >= 4 is 5.69 Å². The molecule has 17 heavy (non-hydrogen) atoms. The molecule has 0 amide bonds. The molecule has 0 atom stereocenters. The molecule has 0 heterocycles. The van der Waals surface area contributed by atoms with Gasteiger partial charge in [-0.05, 0) is 37.0 Å². The average molecular weight is 228 g/mol. The summed E-state index contributed by atoms with van der Waals surface area (Å²) in [5.74, 6) is 0. The van der Waals surface area contributed by atoms with Crippen molar-refractivity contribution in [2.75, 3.05) is 12.4 Å². The van der Waals surface area contributed by atoms with E-state index < -0.39 is 0 Å². The van der Waals surface area contributed by atoms with Gasteiger partial charge < -0.3 is 5.32 Å². The summed E-state index contributed by atoms with van der Waals surface area (Å²) in [6.07, 6.45) is 5.65. The Bertz CT molecular complexity index is 437. The Morgan fingerprint density at radius 3 is 2.53 bits per heavy atom. The van der Waals surface area contributed by atoms with Crippen LogP contribution in [0.2, 0.25) is 0 Å². The molecule has 1 aromatic carbocycles. The minimum absolute atomic E-state index is 0.239. The first-order valence-electron chi connectivity index (χ1n) is 6.42. The summed E-state index contributed by atoms with van der Waals surface area (Å²) in [6, 6.07) is 8.98. The molecule has 0 saturated heterocycles. The van der Waals surface area contributed by atoms with Crippen molar-refractivity contribution in [2.24, 2.45) is 0 Å². The Labute approximate surface area is 104 Å². The normalized spacial score (nSPS) is 18.4. The minimum atomic E-state index is -0.239. The number of aryl methyl sites for hydroxylation is 1. The second-order valence-electron chi connectivity index (χ2n) is 5.03. The quantitative estimate of drug-likeness (QED) is 0.836. The molecule has 2 rings (SSSR count). The van der Waals surface area contributed by atoms with Crippen LogP contribution in [0, 0.1) is 18.3 Å². The van der Waals surface area contributed by atoms with Crippen molar-refractivity contribution in [3.05, 3.63) is 29.3 Å². The highest BCUT2D eigenvalue weighted by Gasteiger charge is 2.34. The lowest BCUT2D eigenvalue weighted by Gasteiger charge is -2.31. The zero-order valence-corrected chi connectivity index (χ0v) is 10.7. The van der Waals surface area contributed by atoms with Gasteiger partial charge >= 0.3 is 0 Å². The molecule has 0 unspecified atom stereocenters. The van der Waals surface area contributed by atoms with Crippen LogP contribution in [0.5, 0.6) is 0 Å². The molecular weight excluding hydrogens is 208 g/mol. The van der Waals surface area contributed by atoms with E-state index in [9.17, 15) is 5.26 Å². The van der Waals surface area contributed by atoms with Gasteiger partial charge in [-0.15, -0.1) is 0 Å². The van der Waals surface area contributed by atoms with Crippen LogP contribution >= 0.6 is 0 Å². The van der Waals surface area contributed by atoms with Gasteiger partial charge in [0.05, 0.1) is 11.5 Å². The predicted molar refractivity (Wildman–Crippen MR) is 71.1 cm³/mol. The molecule has 0 radical (unpaired) electrons. The fourth-order valence-electron chi connectivity index (χ4n) is 2.81. The van der Waals surface area contributed by atoms with Gasteiger partial charge in [-0.25, -0.2) is 0 Å². The summed E-state index contributed by atoms with van der Waals surface area (Å²) in [7, 11) is 1.94. The Morgan fingerprint density at radius 1 is 1.24 bits per heavy atom. The third kappa shape index (κ3) is 2.15. The lowest BCUT2D eigenvalue weighted by atomic mass is 9.70. The van der Waals surface area contributed by atoms with Crippen LogP contribution in [-0.2, 0) is 5.41 Å². The molecule has 2 heteroatoms. The standard InChI is InChI=1S/C15H20N2/c1-12-6-7-13(10-14(12)17-2)15(11-16)8-4-3-5-9-15/h6-7,10,17H,3-5,8-9H2,1-2H3. The van der Waals surface area contributed by atoms with Gasteiger partial charge in [0.15, 0.2) is 0 Å². The lowest BCUT2D eigenvalue weighted by molar-refractivity contribution is 0.366. The van der Waals surface area contributed by atoms with Gasteiger partial charge in [-0.1, -0.05) is 31.4 Å². The third-order valence-electron chi connectivity index (χ3n) is 3.98. The zero-order valence-electron chi connectivity index (χ0n) is 10.7. The summed E-state index contributed by atoms with van der Waals surface area (Å²) in [4.78, 5) is 0. The summed E-state index contributed by atoms with van der Waals surface area (Å²) < 4.78 is 0. The Kier molecular flexibility index (Phi) is 3.38. The smallest absolute Gasteiger partial charge is 0.0823 e. The number of nitrogens with zero attached hydrogens (tertiary/aromatic N) is 1. The summed E-state index contributed by atoms with van der Waals surface area (Å²) in [5, 5.41) is 12.8. The van der Waals surface area contributed by atoms with E-state index in [0.29, 0.717) is 0 Å². The molecule has 1 N–H and O–H groups in total. The number of nitriles is 1. The number of rotatable bonds is 2. The SMILES string of the molecule is CNc1cc(C2(C#N)CCCCC2)ccc1C. The number of benzene rings is 1. The van der Waals surface area contributed by atoms with E-state index in [0.717, 1.165) is 18.5 Å². The Morgan fingerprint density at radius 2 is 1.94 bits per heavy atom. The van der Waals surface area contributed by atoms with Gasteiger partial charge in [0.25, 0.3) is 0 Å². The van der Waals surface area contributed by atoms with E-state index in [2.05, 4.69) is 36.5 Å². The molecule has 1 saturated carbocycles. The monoisotopic (exact) mass is 228 g/mol. The van der Waals surface area contributed by atoms with Crippen LogP contribution < -0.4 is 5.32 Å². The van der Waals surface area contributed by atoms with E-state index in [-0.39, 0.29) is 5.41 Å². The van der Waals surface area contributed by atoms with Crippen LogP contribution in [0.4, 0.5) is 5.69 Å². The van der Waals surface area contributed by atoms with Crippen molar-refractivity contribution in [1.82, 2.24) is 0 Å². The summed E-state index contributed by atoms with van der Waals surface area (Å²) in [5.41, 5.74) is 3.33. The van der Waals surface area contributed by atoms with E-state index in [1.807, 2.05) is 7.05 Å². The van der Waals surface area contributed by atoms with Gasteiger partial charge in [0.2, 0.25) is 0 Å². The minimum Gasteiger partial charge on any atom is -0.388 e. The second kappa shape index (κ2) is 4.79. The summed E-state index contributed by atoms with van der Waals surface area (Å²) in [6.45, 7) is 2.09. The molecule has 1 fully saturated rings. The van der Waals surface area contributed by atoms with Crippen molar-refractivity contribution in [2.45, 2.75) is 44.4 Å². The topological polar surface area (TPSA) is 35.8 Å². The second-order valence-corrected chi connectivity index (χ2v) is 5.03. The number of hydrogen-bond acceptors (Lipinski definition) is 2. The molecule has 0 spiro atoms. The Balaban J connectivity index is 2.40. The number of hydrogen-bond donors (Lipinski definition) is 1. The van der Waals surface area contributed by atoms with Crippen molar-refractivity contribution < 1.29 is 0 Å². The van der Waals surface area contributed by atoms with Crippen molar-refractivity contribution in [1.29, 1.82) is 5.26 Å². The first-order valence-corrected chi connectivity index (χ1v) is 6.42. The molecule has 2 nitrogen and oxygen atoms in total. The van der Waals surface area contributed by atoms with E-state index >= 15 is 0 Å². The van der Waals surface area contributed by atoms with Crippen LogP contribution in [0.1, 0.15) is 43.2 Å². The highest BCUT2D eigenvalue weighted by Crippen LogP contribution is 2.40. The van der Waals surface area contributed by atoms with E-state index in [1.54, 1.807) is 0 Å². The maximum Gasteiger partial charge on any atom is 0.0823 e. The van der Waals surface area contributed by atoms with Crippen LogP contribution in [0.15, 0.2) is 18.2 Å². The van der Waals surface area contributed by atoms with Crippen LogP contribution in [0.3, 0.4) is 0 Å². The fourth-order valence-corrected chi connectivity index (χ4v) is 2.81. The summed E-state index contributed by atoms with van der Waals surface area (Å²) >= 11 is 0. The molecule has 1 aliphatic rings. The predicted octanol–water partition coefficient (Wildman–Crippen LogP) is 3.76. The third-order valence-corrected chi connectivity index (χ3v) is 3.98. The maximum atomic E-state index is 9.56. The largest absolute Gasteiger partial charge is 0.388 e. The van der Waals surface area contributed by atoms with E-state index in [1.165, 1.54) is 30.4 Å². The van der Waals surface area contributed by atoms with Crippen molar-refractivity contribution in [3.8, 4) is 6.07 Å². The first kappa shape index (κ1) is 12.0. The van der Waals surface area contributed by atoms with Crippen molar-refractivity contribution in [3.63, 3.8) is 0 Å². The molecular formula is C15H20N2. The number of anilines is 1. The molecule has 1 aromatic rings. The molecule has 90 valence electrons. The zero-order chi connectivity index (χ0) is 12.3. The Hall–Kier alpha value is -1.49. The molecule has 0 bridgehead atoms. The van der Waals surface area contributed by atoms with Crippen LogP contribution in [-0.4, -0.2) is 7.05 Å². The molecule has 0 aromatic heterocycles. The first-order chi connectivity index (χ1) is 8.22. The highest BCUT2D eigenvalue weighted by atomic mass is 14.8. The highest BCUT2D eigenvalue weighted by molar-refractivity contribution is 5.54. The molecule has 0 aliphatic heterocycles. The average Bonchev–Trinajstić information content (AvgIpc) is 2.40. The fraction of sp³-hybridized carbons (Fsp3) is 0.533. The van der Waals surface area contributed by atoms with Gasteiger partial charge in [0, 0.05) is 12.7 Å². The van der Waals surface area contributed by atoms with Crippen LogP contribution in [0.25, 0.3) is 0 Å². The lowest BCUT2D eigenvalue weighted by Crippen LogP contribution is -2.27.